The minimum Gasteiger partial charge on any atom is -0.308 e. The summed E-state index contributed by atoms with van der Waals surface area (Å²) in [5, 5.41) is 5.24. The number of aromatic nitrogens is 2. The summed E-state index contributed by atoms with van der Waals surface area (Å²) in [5.41, 5.74) is 5.42. The van der Waals surface area contributed by atoms with Crippen LogP contribution in [0.5, 0.6) is 0 Å². The maximum absolute atomic E-state index is 13.8. The van der Waals surface area contributed by atoms with Gasteiger partial charge in [-0.3, -0.25) is 0 Å². The van der Waals surface area contributed by atoms with Gasteiger partial charge in [-0.2, -0.15) is 0 Å². The number of rotatable bonds is 4. The predicted octanol–water partition coefficient (Wildman–Crippen LogP) is 6.75. The summed E-state index contributed by atoms with van der Waals surface area (Å²) in [5.74, 6) is -0.502. The van der Waals surface area contributed by atoms with Crippen LogP contribution < -0.4 is 10.6 Å². The third kappa shape index (κ3) is 4.41. The van der Waals surface area contributed by atoms with Gasteiger partial charge in [-0.05, 0) is 30.3 Å². The minimum atomic E-state index is -0.545. The summed E-state index contributed by atoms with van der Waals surface area (Å²) in [6.07, 6.45) is 0. The van der Waals surface area contributed by atoms with Crippen LogP contribution in [0.25, 0.3) is 33.5 Å². The van der Waals surface area contributed by atoms with Gasteiger partial charge in [-0.25, -0.2) is 19.2 Å². The van der Waals surface area contributed by atoms with Crippen molar-refractivity contribution in [2.45, 2.75) is 0 Å². The first-order valence-electron chi connectivity index (χ1n) is 10.4. The summed E-state index contributed by atoms with van der Waals surface area (Å²) < 4.78 is 13.8. The molecule has 2 amide bonds. The van der Waals surface area contributed by atoms with Gasteiger partial charge >= 0.3 is 6.03 Å². The van der Waals surface area contributed by atoms with E-state index in [1.165, 1.54) is 12.1 Å². The molecule has 1 aromatic heterocycles. The van der Waals surface area contributed by atoms with Crippen molar-refractivity contribution in [3.8, 4) is 22.5 Å². The number of halogens is 1. The first kappa shape index (κ1) is 20.3. The topological polar surface area (TPSA) is 66.9 Å². The fourth-order valence-corrected chi connectivity index (χ4v) is 3.57. The van der Waals surface area contributed by atoms with E-state index in [9.17, 15) is 9.18 Å². The third-order valence-corrected chi connectivity index (χ3v) is 5.14. The van der Waals surface area contributed by atoms with Gasteiger partial charge in [0.15, 0.2) is 0 Å². The number of anilines is 2. The highest BCUT2D eigenvalue weighted by atomic mass is 19.1. The van der Waals surface area contributed by atoms with E-state index in [1.807, 2.05) is 66.7 Å². The van der Waals surface area contributed by atoms with Crippen molar-refractivity contribution < 1.29 is 9.18 Å². The summed E-state index contributed by atoms with van der Waals surface area (Å²) in [4.78, 5) is 22.1. The summed E-state index contributed by atoms with van der Waals surface area (Å²) in [6.45, 7) is 0. The molecule has 0 fully saturated rings. The Morgan fingerprint density at radius 2 is 1.21 bits per heavy atom. The lowest BCUT2D eigenvalue weighted by atomic mass is 10.0. The lowest BCUT2D eigenvalue weighted by molar-refractivity contribution is 0.262. The molecule has 0 saturated heterocycles. The van der Waals surface area contributed by atoms with Gasteiger partial charge in [0.25, 0.3) is 0 Å². The van der Waals surface area contributed by atoms with E-state index in [0.29, 0.717) is 16.7 Å². The zero-order valence-electron chi connectivity index (χ0n) is 17.5. The number of carbonyl (C=O) groups excluding carboxylic acids is 1. The Bertz CT molecular complexity index is 1440. The van der Waals surface area contributed by atoms with Crippen LogP contribution in [-0.4, -0.2) is 16.0 Å². The number of benzene rings is 4. The quantitative estimate of drug-likeness (QED) is 0.329. The van der Waals surface area contributed by atoms with E-state index < -0.39 is 11.8 Å². The molecule has 2 N–H and O–H groups in total. The highest BCUT2D eigenvalue weighted by molar-refractivity contribution is 6.01. The third-order valence-electron chi connectivity index (χ3n) is 5.14. The molecule has 0 spiro atoms. The molecule has 0 aliphatic carbocycles. The molecule has 6 heteroatoms. The van der Waals surface area contributed by atoms with Gasteiger partial charge < -0.3 is 10.6 Å². The van der Waals surface area contributed by atoms with Crippen LogP contribution in [0.2, 0.25) is 0 Å². The zero-order valence-corrected chi connectivity index (χ0v) is 17.5. The SMILES string of the molecule is O=C(Nc1ccc2nc(-c3ccccc3)c(-c3ccccc3)nc2c1)Nc1ccccc1F. The molecule has 0 bridgehead atoms. The van der Waals surface area contributed by atoms with Crippen molar-refractivity contribution in [3.63, 3.8) is 0 Å². The molecule has 160 valence electrons. The number of hydrogen-bond donors (Lipinski definition) is 2. The van der Waals surface area contributed by atoms with E-state index >= 15 is 0 Å². The van der Waals surface area contributed by atoms with E-state index in [2.05, 4.69) is 10.6 Å². The molecule has 0 aliphatic rings. The molecule has 0 saturated carbocycles. The number of nitrogens with zero attached hydrogens (tertiary/aromatic N) is 2. The maximum atomic E-state index is 13.8. The molecule has 4 aromatic carbocycles. The van der Waals surface area contributed by atoms with Crippen molar-refractivity contribution in [3.05, 3.63) is 109 Å². The highest BCUT2D eigenvalue weighted by Crippen LogP contribution is 2.31. The van der Waals surface area contributed by atoms with E-state index in [-0.39, 0.29) is 5.69 Å². The molecule has 0 aliphatic heterocycles. The largest absolute Gasteiger partial charge is 0.323 e. The van der Waals surface area contributed by atoms with Crippen molar-refractivity contribution in [1.82, 2.24) is 9.97 Å². The van der Waals surface area contributed by atoms with E-state index in [1.54, 1.807) is 24.3 Å². The van der Waals surface area contributed by atoms with Crippen LogP contribution in [0, 0.1) is 5.82 Å². The Kier molecular flexibility index (Phi) is 5.47. The summed E-state index contributed by atoms with van der Waals surface area (Å²) >= 11 is 0. The van der Waals surface area contributed by atoms with Gasteiger partial charge in [-0.15, -0.1) is 0 Å². The number of fused-ring (bicyclic) bond motifs is 1. The number of amides is 2. The monoisotopic (exact) mass is 434 g/mol. The molecule has 0 radical (unpaired) electrons. The molecule has 0 atom stereocenters. The number of carbonyl (C=O) groups is 1. The summed E-state index contributed by atoms with van der Waals surface area (Å²) in [6, 6.07) is 30.5. The maximum Gasteiger partial charge on any atom is 0.323 e. The van der Waals surface area contributed by atoms with Crippen LogP contribution >= 0.6 is 0 Å². The Morgan fingerprint density at radius 3 is 1.85 bits per heavy atom. The normalized spacial score (nSPS) is 10.7. The van der Waals surface area contributed by atoms with E-state index in [0.717, 1.165) is 22.5 Å². The first-order chi connectivity index (χ1) is 16.2. The molecule has 33 heavy (non-hydrogen) atoms. The zero-order chi connectivity index (χ0) is 22.6. The minimum absolute atomic E-state index is 0.106. The molecule has 1 heterocycles. The average Bonchev–Trinajstić information content (AvgIpc) is 2.86. The number of hydrogen-bond acceptors (Lipinski definition) is 3. The molecule has 5 aromatic rings. The Labute approximate surface area is 190 Å². The van der Waals surface area contributed by atoms with Crippen molar-refractivity contribution in [1.29, 1.82) is 0 Å². The van der Waals surface area contributed by atoms with Gasteiger partial charge in [0, 0.05) is 16.8 Å². The summed E-state index contributed by atoms with van der Waals surface area (Å²) in [7, 11) is 0. The molecule has 5 nitrogen and oxygen atoms in total. The van der Waals surface area contributed by atoms with Crippen LogP contribution in [0.15, 0.2) is 103 Å². The second kappa shape index (κ2) is 8.88. The number of para-hydroxylation sites is 1. The highest BCUT2D eigenvalue weighted by Gasteiger charge is 2.14. The molecule has 0 unspecified atom stereocenters. The molecule has 5 rings (SSSR count). The Morgan fingerprint density at radius 1 is 0.636 bits per heavy atom. The Balaban J connectivity index is 1.51. The lowest BCUT2D eigenvalue weighted by Gasteiger charge is -2.12. The van der Waals surface area contributed by atoms with Gasteiger partial charge in [0.05, 0.1) is 28.1 Å². The van der Waals surface area contributed by atoms with Crippen LogP contribution in [0.4, 0.5) is 20.6 Å². The Hall–Kier alpha value is -4.58. The smallest absolute Gasteiger partial charge is 0.308 e. The lowest BCUT2D eigenvalue weighted by Crippen LogP contribution is -2.20. The van der Waals surface area contributed by atoms with Gasteiger partial charge in [-0.1, -0.05) is 72.8 Å². The first-order valence-corrected chi connectivity index (χ1v) is 10.4. The van der Waals surface area contributed by atoms with Crippen LogP contribution in [0.3, 0.4) is 0 Å². The molecular weight excluding hydrogens is 415 g/mol. The second-order valence-electron chi connectivity index (χ2n) is 7.42. The van der Waals surface area contributed by atoms with Crippen molar-refractivity contribution >= 4 is 28.4 Å². The second-order valence-corrected chi connectivity index (χ2v) is 7.42. The number of nitrogens with one attached hydrogen (secondary N) is 2. The fourth-order valence-electron chi connectivity index (χ4n) is 3.57. The van der Waals surface area contributed by atoms with Crippen molar-refractivity contribution in [2.75, 3.05) is 10.6 Å². The standard InChI is InChI=1S/C27H19FN4O/c28-21-13-7-8-14-22(21)32-27(33)29-20-15-16-23-24(17-20)31-26(19-11-5-2-6-12-19)25(30-23)18-9-3-1-4-10-18/h1-17H,(H2,29,32,33). The fraction of sp³-hybridized carbons (Fsp3) is 0. The van der Waals surface area contributed by atoms with Gasteiger partial charge in [0.1, 0.15) is 5.82 Å². The predicted molar refractivity (Wildman–Crippen MR) is 129 cm³/mol. The van der Waals surface area contributed by atoms with Crippen molar-refractivity contribution in [2.24, 2.45) is 0 Å². The van der Waals surface area contributed by atoms with Crippen LogP contribution in [0.1, 0.15) is 0 Å². The average molecular weight is 434 g/mol. The van der Waals surface area contributed by atoms with Gasteiger partial charge in [0.2, 0.25) is 0 Å². The number of urea groups is 1. The van der Waals surface area contributed by atoms with Crippen LogP contribution in [-0.2, 0) is 0 Å². The molecular formula is C27H19FN4O. The van der Waals surface area contributed by atoms with E-state index in [4.69, 9.17) is 9.97 Å².